The summed E-state index contributed by atoms with van der Waals surface area (Å²) in [6, 6.07) is 12.7. The molecule has 0 aliphatic rings. The Kier molecular flexibility index (Phi) is 7.06. The third-order valence-corrected chi connectivity index (χ3v) is 5.16. The van der Waals surface area contributed by atoms with E-state index in [4.69, 9.17) is 0 Å². The van der Waals surface area contributed by atoms with Crippen LogP contribution in [0, 0.1) is 10.1 Å². The van der Waals surface area contributed by atoms with Crippen molar-refractivity contribution in [1.82, 2.24) is 20.4 Å². The van der Waals surface area contributed by atoms with Gasteiger partial charge < -0.3 is 15.4 Å². The molecule has 13 heteroatoms. The maximum Gasteiger partial charge on any atom is 0.276 e. The molecule has 4 N–H and O–H groups in total. The van der Waals surface area contributed by atoms with Gasteiger partial charge in [0.1, 0.15) is 11.8 Å². The molecular weight excluding hydrogens is 482 g/mol. The van der Waals surface area contributed by atoms with E-state index in [1.807, 2.05) is 0 Å². The highest BCUT2D eigenvalue weighted by Gasteiger charge is 2.24. The van der Waals surface area contributed by atoms with E-state index >= 15 is 0 Å². The summed E-state index contributed by atoms with van der Waals surface area (Å²) >= 11 is 0. The number of H-pyrrole nitrogens is 1. The lowest BCUT2D eigenvalue weighted by atomic mass is 10.0. The molecule has 186 valence electrons. The number of anilines is 1. The molecule has 0 saturated heterocycles. The molecule has 0 spiro atoms. The molecule has 0 radical (unpaired) electrons. The minimum absolute atomic E-state index is 0.109. The van der Waals surface area contributed by atoms with E-state index < -0.39 is 22.5 Å². The molecule has 0 saturated carbocycles. The van der Waals surface area contributed by atoms with Gasteiger partial charge in [0.2, 0.25) is 5.91 Å². The molecular formula is C24H19N7O6. The van der Waals surface area contributed by atoms with Crippen LogP contribution in [-0.4, -0.2) is 42.5 Å². The largest absolute Gasteiger partial charge is 0.382 e. The number of fused-ring (bicyclic) bond motifs is 1. The predicted molar refractivity (Wildman–Crippen MR) is 133 cm³/mol. The van der Waals surface area contributed by atoms with E-state index in [9.17, 15) is 29.6 Å². The van der Waals surface area contributed by atoms with E-state index in [0.717, 1.165) is 6.07 Å². The van der Waals surface area contributed by atoms with Gasteiger partial charge in [0, 0.05) is 42.7 Å². The quantitative estimate of drug-likeness (QED) is 0.168. The molecule has 13 nitrogen and oxygen atoms in total. The number of non-ortho nitro benzene ring substituents is 1. The van der Waals surface area contributed by atoms with Crippen LogP contribution in [0.25, 0.3) is 11.0 Å². The predicted octanol–water partition coefficient (Wildman–Crippen LogP) is 2.05. The zero-order valence-corrected chi connectivity index (χ0v) is 19.2. The summed E-state index contributed by atoms with van der Waals surface area (Å²) in [6.07, 6.45) is 1.31. The number of nitrogens with zero attached hydrogens (tertiary/aromatic N) is 4. The zero-order chi connectivity index (χ0) is 26.5. The Balaban J connectivity index is 1.77. The van der Waals surface area contributed by atoms with Crippen molar-refractivity contribution in [2.75, 3.05) is 5.32 Å². The first-order valence-corrected chi connectivity index (χ1v) is 10.8. The average Bonchev–Trinajstić information content (AvgIpc) is 2.89. The van der Waals surface area contributed by atoms with Gasteiger partial charge in [-0.3, -0.25) is 29.5 Å². The van der Waals surface area contributed by atoms with E-state index in [0.29, 0.717) is 5.69 Å². The van der Waals surface area contributed by atoms with Crippen LogP contribution in [0.1, 0.15) is 34.6 Å². The van der Waals surface area contributed by atoms with Gasteiger partial charge in [0.05, 0.1) is 16.0 Å². The number of aliphatic hydroxyl groups excluding tert-OH is 1. The van der Waals surface area contributed by atoms with Crippen molar-refractivity contribution in [2.24, 2.45) is 5.10 Å². The van der Waals surface area contributed by atoms with Gasteiger partial charge >= 0.3 is 0 Å². The standard InChI is InChI=1S/C24H19N7O6/c1-13(32)26-16-4-2-14(3-5-16)22(33)20(29-30-23(34)15-8-10-25-11-9-15)21-24(35)28-19-12-17(31(36)37)6-7-18(19)27-21/h2-12,22,33H,1H3,(H,26,32)(H,28,35)(H,30,34). The fourth-order valence-corrected chi connectivity index (χ4v) is 3.39. The normalized spacial score (nSPS) is 12.1. The number of aromatic nitrogens is 3. The summed E-state index contributed by atoms with van der Waals surface area (Å²) in [6.45, 7) is 1.35. The van der Waals surface area contributed by atoms with Gasteiger partial charge in [-0.05, 0) is 35.9 Å². The smallest absolute Gasteiger partial charge is 0.276 e. The summed E-state index contributed by atoms with van der Waals surface area (Å²) in [7, 11) is 0. The number of nitrogens with one attached hydrogen (secondary N) is 3. The van der Waals surface area contributed by atoms with Gasteiger partial charge in [-0.2, -0.15) is 5.10 Å². The van der Waals surface area contributed by atoms with Gasteiger partial charge in [-0.15, -0.1) is 0 Å². The number of rotatable bonds is 7. The Labute approximate surface area is 208 Å². The van der Waals surface area contributed by atoms with Crippen molar-refractivity contribution < 1.29 is 19.6 Å². The monoisotopic (exact) mass is 501 g/mol. The summed E-state index contributed by atoms with van der Waals surface area (Å²) in [5.74, 6) is -0.901. The lowest BCUT2D eigenvalue weighted by Crippen LogP contribution is -2.29. The molecule has 0 aliphatic carbocycles. The highest BCUT2D eigenvalue weighted by Crippen LogP contribution is 2.22. The highest BCUT2D eigenvalue weighted by molar-refractivity contribution is 6.04. The Bertz CT molecular complexity index is 1580. The van der Waals surface area contributed by atoms with E-state index in [2.05, 4.69) is 30.8 Å². The van der Waals surface area contributed by atoms with Crippen molar-refractivity contribution >= 4 is 39.9 Å². The van der Waals surface area contributed by atoms with Gasteiger partial charge in [0.25, 0.3) is 17.2 Å². The van der Waals surface area contributed by atoms with Crippen molar-refractivity contribution in [1.29, 1.82) is 0 Å². The molecule has 2 heterocycles. The van der Waals surface area contributed by atoms with Crippen molar-refractivity contribution in [3.8, 4) is 0 Å². The van der Waals surface area contributed by atoms with Crippen LogP contribution in [0.3, 0.4) is 0 Å². The van der Waals surface area contributed by atoms with Crippen LogP contribution >= 0.6 is 0 Å². The Morgan fingerprint density at radius 1 is 1.11 bits per heavy atom. The number of amides is 2. The fourth-order valence-electron chi connectivity index (χ4n) is 3.39. The topological polar surface area (TPSA) is 193 Å². The Morgan fingerprint density at radius 2 is 1.81 bits per heavy atom. The maximum absolute atomic E-state index is 12.9. The van der Waals surface area contributed by atoms with Crippen LogP contribution in [0.15, 0.2) is 76.9 Å². The van der Waals surface area contributed by atoms with Crippen LogP contribution in [-0.2, 0) is 4.79 Å². The molecule has 4 aromatic rings. The maximum atomic E-state index is 12.9. The molecule has 1 atom stereocenters. The van der Waals surface area contributed by atoms with Crippen LogP contribution in [0.4, 0.5) is 11.4 Å². The van der Waals surface area contributed by atoms with E-state index in [1.165, 1.54) is 55.7 Å². The molecule has 0 fully saturated rings. The third kappa shape index (κ3) is 5.68. The van der Waals surface area contributed by atoms with E-state index in [-0.39, 0.29) is 45.2 Å². The summed E-state index contributed by atoms with van der Waals surface area (Å²) in [4.78, 5) is 57.8. The molecule has 0 bridgehead atoms. The number of hydrogen-bond donors (Lipinski definition) is 4. The molecule has 0 aliphatic heterocycles. The van der Waals surface area contributed by atoms with E-state index in [1.54, 1.807) is 12.1 Å². The zero-order valence-electron chi connectivity index (χ0n) is 19.2. The number of nitro benzene ring substituents is 1. The third-order valence-electron chi connectivity index (χ3n) is 5.16. The average molecular weight is 501 g/mol. The molecule has 4 rings (SSSR count). The second-order valence-corrected chi connectivity index (χ2v) is 7.75. The number of pyridine rings is 1. The molecule has 37 heavy (non-hydrogen) atoms. The Hall–Kier alpha value is -5.30. The minimum Gasteiger partial charge on any atom is -0.382 e. The number of hydrazone groups is 1. The number of hydrogen-bond acceptors (Lipinski definition) is 9. The second-order valence-electron chi connectivity index (χ2n) is 7.75. The summed E-state index contributed by atoms with van der Waals surface area (Å²) in [5, 5.41) is 28.8. The first-order valence-electron chi connectivity index (χ1n) is 10.8. The molecule has 2 amide bonds. The Morgan fingerprint density at radius 3 is 2.46 bits per heavy atom. The van der Waals surface area contributed by atoms with Crippen molar-refractivity contribution in [2.45, 2.75) is 13.0 Å². The second kappa shape index (κ2) is 10.5. The first kappa shape index (κ1) is 24.8. The van der Waals surface area contributed by atoms with Crippen molar-refractivity contribution in [3.05, 3.63) is 104 Å². The lowest BCUT2D eigenvalue weighted by molar-refractivity contribution is -0.384. The minimum atomic E-state index is -1.52. The van der Waals surface area contributed by atoms with Crippen LogP contribution in [0.2, 0.25) is 0 Å². The molecule has 2 aromatic heterocycles. The lowest BCUT2D eigenvalue weighted by Gasteiger charge is -2.15. The number of aromatic amines is 1. The SMILES string of the molecule is CC(=O)Nc1ccc(C(O)C(=NNC(=O)c2ccncc2)c2nc3ccc([N+](=O)[O-])cc3[nH]c2=O)cc1. The number of benzene rings is 2. The van der Waals surface area contributed by atoms with Gasteiger partial charge in [-0.25, -0.2) is 10.4 Å². The number of aliphatic hydroxyl groups is 1. The van der Waals surface area contributed by atoms with Gasteiger partial charge in [0.15, 0.2) is 5.69 Å². The number of carbonyl (C=O) groups excluding carboxylic acids is 2. The van der Waals surface area contributed by atoms with Crippen LogP contribution in [0.5, 0.6) is 0 Å². The number of nitro groups is 1. The summed E-state index contributed by atoms with van der Waals surface area (Å²) < 4.78 is 0. The highest BCUT2D eigenvalue weighted by atomic mass is 16.6. The summed E-state index contributed by atoms with van der Waals surface area (Å²) in [5.41, 5.74) is 1.99. The first-order chi connectivity index (χ1) is 17.7. The van der Waals surface area contributed by atoms with Crippen LogP contribution < -0.4 is 16.3 Å². The molecule has 2 aromatic carbocycles. The van der Waals surface area contributed by atoms with Gasteiger partial charge in [-0.1, -0.05) is 12.1 Å². The van der Waals surface area contributed by atoms with Crippen molar-refractivity contribution in [3.63, 3.8) is 0 Å². The number of carbonyl (C=O) groups is 2. The fraction of sp³-hybridized carbons (Fsp3) is 0.0833. The molecule has 1 unspecified atom stereocenters.